The summed E-state index contributed by atoms with van der Waals surface area (Å²) in [4.78, 5) is 16.3. The number of aromatic hydroxyl groups is 1. The minimum absolute atomic E-state index is 0.0973. The monoisotopic (exact) mass is 272 g/mol. The fourth-order valence-electron chi connectivity index (χ4n) is 2.31. The second-order valence-corrected chi connectivity index (χ2v) is 4.89. The van der Waals surface area contributed by atoms with Gasteiger partial charge in [0.05, 0.1) is 5.41 Å². The number of hydrogen-bond acceptors (Lipinski definition) is 3. The predicted octanol–water partition coefficient (Wildman–Crippen LogP) is 2.60. The van der Waals surface area contributed by atoms with Crippen molar-refractivity contribution in [2.45, 2.75) is 18.3 Å². The summed E-state index contributed by atoms with van der Waals surface area (Å²) in [7, 11) is 0. The summed E-state index contributed by atoms with van der Waals surface area (Å²) in [5, 5.41) is 12.2. The number of aromatic nitrogens is 1. The Morgan fingerprint density at radius 2 is 2.00 bits per heavy atom. The van der Waals surface area contributed by atoms with E-state index in [2.05, 4.69) is 10.3 Å². The first kappa shape index (κ1) is 12.6. The molecule has 1 amide bonds. The van der Waals surface area contributed by atoms with Crippen molar-refractivity contribution < 1.29 is 14.3 Å². The molecule has 0 saturated heterocycles. The summed E-state index contributed by atoms with van der Waals surface area (Å²) >= 11 is 0. The summed E-state index contributed by atoms with van der Waals surface area (Å²) in [5.74, 6) is -0.729. The predicted molar refractivity (Wildman–Crippen MR) is 71.8 cm³/mol. The Balaban J connectivity index is 1.88. The normalized spacial score (nSPS) is 15.7. The Kier molecular flexibility index (Phi) is 2.89. The number of halogens is 1. The van der Waals surface area contributed by atoms with Gasteiger partial charge in [0.25, 0.3) is 0 Å². The van der Waals surface area contributed by atoms with Crippen molar-refractivity contribution in [1.29, 1.82) is 0 Å². The van der Waals surface area contributed by atoms with Gasteiger partial charge in [0, 0.05) is 11.8 Å². The summed E-state index contributed by atoms with van der Waals surface area (Å²) < 4.78 is 13.9. The maximum absolute atomic E-state index is 13.9. The van der Waals surface area contributed by atoms with Crippen LogP contribution in [-0.4, -0.2) is 16.0 Å². The molecule has 0 atom stereocenters. The fraction of sp³-hybridized carbons (Fsp3) is 0.200. The lowest BCUT2D eigenvalue weighted by atomic mass is 9.94. The van der Waals surface area contributed by atoms with Crippen LogP contribution in [0.15, 0.2) is 42.6 Å². The Labute approximate surface area is 115 Å². The van der Waals surface area contributed by atoms with E-state index >= 15 is 0 Å². The Hall–Kier alpha value is -2.43. The van der Waals surface area contributed by atoms with Crippen LogP contribution in [0.25, 0.3) is 0 Å². The molecule has 0 bridgehead atoms. The van der Waals surface area contributed by atoms with E-state index in [1.807, 2.05) is 0 Å². The van der Waals surface area contributed by atoms with E-state index in [0.29, 0.717) is 18.4 Å². The number of anilines is 1. The molecule has 0 radical (unpaired) electrons. The molecule has 1 heterocycles. The smallest absolute Gasteiger partial charge is 0.236 e. The van der Waals surface area contributed by atoms with Gasteiger partial charge < -0.3 is 10.4 Å². The van der Waals surface area contributed by atoms with Crippen LogP contribution >= 0.6 is 0 Å². The molecule has 4 nitrogen and oxygen atoms in total. The number of nitrogens with zero attached hydrogens (tertiary/aromatic N) is 1. The second-order valence-electron chi connectivity index (χ2n) is 4.89. The zero-order valence-corrected chi connectivity index (χ0v) is 10.6. The number of benzene rings is 1. The van der Waals surface area contributed by atoms with E-state index in [0.717, 1.165) is 0 Å². The molecule has 1 fully saturated rings. The zero-order valence-electron chi connectivity index (χ0n) is 10.6. The molecule has 1 aliphatic carbocycles. The highest BCUT2D eigenvalue weighted by Gasteiger charge is 2.52. The lowest BCUT2D eigenvalue weighted by Gasteiger charge is -2.16. The van der Waals surface area contributed by atoms with Crippen LogP contribution in [-0.2, 0) is 10.2 Å². The number of carbonyl (C=O) groups is 1. The van der Waals surface area contributed by atoms with Crippen LogP contribution in [0.1, 0.15) is 18.4 Å². The highest BCUT2D eigenvalue weighted by molar-refractivity contribution is 6.01. The minimum Gasteiger partial charge on any atom is -0.504 e. The number of pyridine rings is 1. The van der Waals surface area contributed by atoms with Gasteiger partial charge in [0.1, 0.15) is 5.82 Å². The van der Waals surface area contributed by atoms with Crippen molar-refractivity contribution in [3.05, 3.63) is 54.0 Å². The van der Waals surface area contributed by atoms with E-state index in [4.69, 9.17) is 0 Å². The fourth-order valence-corrected chi connectivity index (χ4v) is 2.31. The third-order valence-corrected chi connectivity index (χ3v) is 3.59. The first-order valence-electron chi connectivity index (χ1n) is 6.34. The SMILES string of the molecule is O=C(Nc1ncccc1O)C1(c2ccccc2F)CC1. The van der Waals surface area contributed by atoms with Crippen LogP contribution in [0.3, 0.4) is 0 Å². The standard InChI is InChI=1S/C15H13FN2O2/c16-11-5-2-1-4-10(11)15(7-8-15)14(20)18-13-12(19)6-3-9-17-13/h1-6,9,19H,7-8H2,(H,17,18,20). The van der Waals surface area contributed by atoms with Gasteiger partial charge in [-0.3, -0.25) is 4.79 Å². The summed E-state index contributed by atoms with van der Waals surface area (Å²) in [6.45, 7) is 0. The lowest BCUT2D eigenvalue weighted by molar-refractivity contribution is -0.118. The summed E-state index contributed by atoms with van der Waals surface area (Å²) in [6, 6.07) is 9.28. The Morgan fingerprint density at radius 3 is 2.65 bits per heavy atom. The van der Waals surface area contributed by atoms with Gasteiger partial charge in [-0.25, -0.2) is 9.37 Å². The molecule has 102 valence electrons. The number of hydrogen-bond donors (Lipinski definition) is 2. The topological polar surface area (TPSA) is 62.2 Å². The van der Waals surface area contributed by atoms with Gasteiger partial charge >= 0.3 is 0 Å². The molecule has 2 N–H and O–H groups in total. The van der Waals surface area contributed by atoms with E-state index in [-0.39, 0.29) is 23.3 Å². The van der Waals surface area contributed by atoms with E-state index in [1.54, 1.807) is 24.3 Å². The van der Waals surface area contributed by atoms with Crippen molar-refractivity contribution >= 4 is 11.7 Å². The highest BCUT2D eigenvalue weighted by Crippen LogP contribution is 2.49. The van der Waals surface area contributed by atoms with Crippen LogP contribution in [0, 0.1) is 5.82 Å². The zero-order chi connectivity index (χ0) is 14.2. The quantitative estimate of drug-likeness (QED) is 0.902. The first-order valence-corrected chi connectivity index (χ1v) is 6.34. The van der Waals surface area contributed by atoms with Crippen LogP contribution in [0.5, 0.6) is 5.75 Å². The van der Waals surface area contributed by atoms with Crippen LogP contribution < -0.4 is 5.32 Å². The number of amides is 1. The molecule has 1 aromatic carbocycles. The average molecular weight is 272 g/mol. The third-order valence-electron chi connectivity index (χ3n) is 3.59. The van der Waals surface area contributed by atoms with E-state index < -0.39 is 5.41 Å². The number of nitrogens with one attached hydrogen (secondary N) is 1. The van der Waals surface area contributed by atoms with E-state index in [9.17, 15) is 14.3 Å². The Morgan fingerprint density at radius 1 is 1.25 bits per heavy atom. The molecule has 1 aromatic heterocycles. The van der Waals surface area contributed by atoms with Gasteiger partial charge in [-0.2, -0.15) is 0 Å². The van der Waals surface area contributed by atoms with Crippen molar-refractivity contribution in [3.8, 4) is 5.75 Å². The average Bonchev–Trinajstić information content (AvgIpc) is 3.23. The summed E-state index contributed by atoms with van der Waals surface area (Å²) in [6.07, 6.45) is 2.65. The molecular weight excluding hydrogens is 259 g/mol. The second kappa shape index (κ2) is 4.59. The van der Waals surface area contributed by atoms with Gasteiger partial charge in [-0.05, 0) is 31.0 Å². The van der Waals surface area contributed by atoms with Crippen molar-refractivity contribution in [2.75, 3.05) is 5.32 Å². The largest absolute Gasteiger partial charge is 0.504 e. The molecule has 0 spiro atoms. The lowest BCUT2D eigenvalue weighted by Crippen LogP contribution is -2.29. The molecule has 1 aliphatic rings. The van der Waals surface area contributed by atoms with Crippen LogP contribution in [0.2, 0.25) is 0 Å². The number of carbonyl (C=O) groups excluding carboxylic acids is 1. The van der Waals surface area contributed by atoms with E-state index in [1.165, 1.54) is 18.3 Å². The molecule has 20 heavy (non-hydrogen) atoms. The maximum Gasteiger partial charge on any atom is 0.236 e. The summed E-state index contributed by atoms with van der Waals surface area (Å²) in [5.41, 5.74) is -0.442. The molecular formula is C15H13FN2O2. The van der Waals surface area contributed by atoms with Gasteiger partial charge in [0.2, 0.25) is 5.91 Å². The van der Waals surface area contributed by atoms with Crippen molar-refractivity contribution in [2.24, 2.45) is 0 Å². The molecule has 3 rings (SSSR count). The Bertz CT molecular complexity index is 668. The molecule has 5 heteroatoms. The van der Waals surface area contributed by atoms with Gasteiger partial charge in [-0.15, -0.1) is 0 Å². The first-order chi connectivity index (χ1) is 9.63. The van der Waals surface area contributed by atoms with Gasteiger partial charge in [0.15, 0.2) is 11.6 Å². The van der Waals surface area contributed by atoms with Crippen molar-refractivity contribution in [1.82, 2.24) is 4.98 Å². The number of rotatable bonds is 3. The minimum atomic E-state index is -0.838. The molecule has 2 aromatic rings. The highest BCUT2D eigenvalue weighted by atomic mass is 19.1. The van der Waals surface area contributed by atoms with Crippen molar-refractivity contribution in [3.63, 3.8) is 0 Å². The van der Waals surface area contributed by atoms with Gasteiger partial charge in [-0.1, -0.05) is 18.2 Å². The third kappa shape index (κ3) is 2.01. The molecule has 1 saturated carbocycles. The van der Waals surface area contributed by atoms with Crippen LogP contribution in [0.4, 0.5) is 10.2 Å². The molecule has 0 aliphatic heterocycles. The molecule has 0 unspecified atom stereocenters. The maximum atomic E-state index is 13.9.